The number of carbonyl (C=O) groups excluding carboxylic acids is 4. The van der Waals surface area contributed by atoms with Gasteiger partial charge >= 0.3 is 23.5 Å². The maximum absolute atomic E-state index is 13.0. The van der Waals surface area contributed by atoms with Crippen molar-refractivity contribution in [1.29, 1.82) is 0 Å². The third-order valence-electron chi connectivity index (χ3n) is 8.99. The van der Waals surface area contributed by atoms with E-state index < -0.39 is 95.6 Å². The Hall–Kier alpha value is -4.41. The Labute approximate surface area is 365 Å². The molecular formula is C32H43N8O20P3S. The molecule has 5 rings (SSSR count). The summed E-state index contributed by atoms with van der Waals surface area (Å²) in [6.07, 6.45) is -7.17. The standard InChI is InChI=1S/C32H43N8O20P3S/c1-15-28(44)39-21-17(9-16(54-4)10-18(21)57-15)31(46)64-8-7-34-20(41)5-6-35-29(45)25(43)32(2,3)12-56-63(52,53)60-62(50,51)55-11-19-24(59-61(47,48)49)23(42)30(58-19)40-14-38-22-26(33)36-13-37-27(22)40/h9-10,13-14,19,23-25,30,42-43H,1,5-8,11-12H2,2-4H3,(H,34,41)(H,35,45)(H,39,44)(H,50,51)(H,52,53)(H2,33,36,37)(H2,47,48,49)/t19-,23-,24-,25+,30-/m1/s1. The van der Waals surface area contributed by atoms with Crippen LogP contribution >= 0.6 is 35.2 Å². The van der Waals surface area contributed by atoms with Crippen LogP contribution < -0.4 is 31.2 Å². The van der Waals surface area contributed by atoms with E-state index in [1.807, 2.05) is 0 Å². The van der Waals surface area contributed by atoms with Gasteiger partial charge in [-0.15, -0.1) is 0 Å². The average Bonchev–Trinajstić information content (AvgIpc) is 3.77. The average molecular weight is 985 g/mol. The molecule has 4 heterocycles. The van der Waals surface area contributed by atoms with Crippen molar-refractivity contribution in [2.24, 2.45) is 5.41 Å². The van der Waals surface area contributed by atoms with Crippen molar-refractivity contribution < 1.29 is 94.8 Å². The predicted octanol–water partition coefficient (Wildman–Crippen LogP) is -0.168. The molecule has 11 N–H and O–H groups in total. The van der Waals surface area contributed by atoms with E-state index in [4.69, 9.17) is 29.0 Å². The monoisotopic (exact) mass is 984 g/mol. The van der Waals surface area contributed by atoms with E-state index in [9.17, 15) is 62.7 Å². The number of benzene rings is 1. The molecule has 1 fully saturated rings. The van der Waals surface area contributed by atoms with E-state index in [0.717, 1.165) is 29.0 Å². The number of methoxy groups -OCH3 is 1. The maximum atomic E-state index is 13.0. The fraction of sp³-hybridized carbons (Fsp3) is 0.469. The zero-order chi connectivity index (χ0) is 47.4. The third-order valence-corrected chi connectivity index (χ3v) is 13.0. The number of phosphoric acid groups is 3. The number of thioether (sulfide) groups is 1. The Balaban J connectivity index is 1.05. The molecule has 28 nitrogen and oxygen atoms in total. The van der Waals surface area contributed by atoms with Crippen LogP contribution in [-0.2, 0) is 50.7 Å². The van der Waals surface area contributed by atoms with Gasteiger partial charge in [-0.3, -0.25) is 37.3 Å². The molecule has 1 saturated heterocycles. The van der Waals surface area contributed by atoms with Crippen molar-refractivity contribution >= 4 is 80.7 Å². The summed E-state index contributed by atoms with van der Waals surface area (Å²) in [5.74, 6) is -1.85. The summed E-state index contributed by atoms with van der Waals surface area (Å²) >= 11 is 0.833. The molecule has 3 amide bonds. The van der Waals surface area contributed by atoms with Gasteiger partial charge in [0.15, 0.2) is 29.2 Å². The number of hydrogen-bond acceptors (Lipinski definition) is 21. The highest BCUT2D eigenvalue weighted by Crippen LogP contribution is 2.61. The summed E-state index contributed by atoms with van der Waals surface area (Å²) in [5, 5.41) is 28.5. The Morgan fingerprint density at radius 3 is 2.47 bits per heavy atom. The number of aromatic nitrogens is 4. The number of rotatable bonds is 21. The van der Waals surface area contributed by atoms with E-state index in [0.29, 0.717) is 0 Å². The number of aliphatic hydroxyl groups excluding tert-OH is 2. The van der Waals surface area contributed by atoms with E-state index >= 15 is 0 Å². The molecule has 64 heavy (non-hydrogen) atoms. The summed E-state index contributed by atoms with van der Waals surface area (Å²) in [6.45, 7) is 3.61. The number of ether oxygens (including phenoxy) is 3. The van der Waals surface area contributed by atoms with Gasteiger partial charge in [0.2, 0.25) is 16.9 Å². The number of fused-ring (bicyclic) bond motifs is 2. The smallest absolute Gasteiger partial charge is 0.481 e. The fourth-order valence-electron chi connectivity index (χ4n) is 5.79. The highest BCUT2D eigenvalue weighted by atomic mass is 32.2. The molecule has 2 unspecified atom stereocenters. The molecule has 32 heteroatoms. The normalized spacial score (nSPS) is 21.2. The minimum absolute atomic E-state index is 0.0166. The molecule has 0 radical (unpaired) electrons. The van der Waals surface area contributed by atoms with Crippen LogP contribution in [0.2, 0.25) is 0 Å². The number of phosphoric ester groups is 3. The third kappa shape index (κ3) is 12.9. The zero-order valence-corrected chi connectivity index (χ0v) is 37.2. The second kappa shape index (κ2) is 20.4. The van der Waals surface area contributed by atoms with Gasteiger partial charge in [-0.05, 0) is 6.07 Å². The lowest BCUT2D eigenvalue weighted by Crippen LogP contribution is -2.46. The van der Waals surface area contributed by atoms with Crippen LogP contribution in [0.4, 0.5) is 11.5 Å². The first kappa shape index (κ1) is 50.6. The summed E-state index contributed by atoms with van der Waals surface area (Å²) < 4.78 is 72.9. The highest BCUT2D eigenvalue weighted by Gasteiger charge is 2.50. The second-order valence-corrected chi connectivity index (χ2v) is 19.5. The summed E-state index contributed by atoms with van der Waals surface area (Å²) in [7, 11) is -15.1. The SMILES string of the molecule is C=C1Oc2cc(OC)cc(C(=O)SCCNC(=O)CCNC(=O)[C@H](O)C(C)(C)COP(=O)(O)OP(=O)(O)OC[C@H]3O[C@@H](n4cnc5c(N)ncnc54)[C@H](O)[C@@H]3OP(=O)(O)O)c2NC1=O. The minimum Gasteiger partial charge on any atom is -0.497 e. The van der Waals surface area contributed by atoms with Gasteiger partial charge in [-0.2, -0.15) is 4.31 Å². The first-order valence-corrected chi connectivity index (χ1v) is 23.8. The fourth-order valence-corrected chi connectivity index (χ4v) is 9.33. The van der Waals surface area contributed by atoms with Crippen LogP contribution in [-0.4, -0.2) is 136 Å². The molecule has 7 atom stereocenters. The summed E-state index contributed by atoms with van der Waals surface area (Å²) in [5.41, 5.74) is 4.42. The summed E-state index contributed by atoms with van der Waals surface area (Å²) in [4.78, 5) is 101. The molecule has 2 aliphatic rings. The number of amides is 3. The predicted molar refractivity (Wildman–Crippen MR) is 218 cm³/mol. The van der Waals surface area contributed by atoms with Gasteiger partial charge in [0.25, 0.3) is 5.91 Å². The van der Waals surface area contributed by atoms with Gasteiger partial charge in [0.1, 0.15) is 42.0 Å². The topological polar surface area (TPSA) is 411 Å². The number of nitrogens with two attached hydrogens (primary N) is 1. The van der Waals surface area contributed by atoms with Gasteiger partial charge in [0.05, 0.1) is 37.9 Å². The molecule has 0 saturated carbocycles. The molecule has 352 valence electrons. The Bertz CT molecular complexity index is 2440. The molecule has 3 aromatic rings. The molecule has 2 aliphatic heterocycles. The highest BCUT2D eigenvalue weighted by molar-refractivity contribution is 8.14. The molecule has 0 bridgehead atoms. The van der Waals surface area contributed by atoms with Crippen molar-refractivity contribution in [3.8, 4) is 11.5 Å². The quantitative estimate of drug-likeness (QED) is 0.0376. The number of anilines is 2. The second-order valence-electron chi connectivity index (χ2n) is 14.2. The van der Waals surface area contributed by atoms with Crippen LogP contribution in [0.3, 0.4) is 0 Å². The van der Waals surface area contributed by atoms with Gasteiger partial charge < -0.3 is 65.7 Å². The molecule has 0 spiro atoms. The first-order valence-electron chi connectivity index (χ1n) is 18.3. The molecule has 1 aromatic carbocycles. The van der Waals surface area contributed by atoms with Gasteiger partial charge in [-0.1, -0.05) is 32.2 Å². The largest absolute Gasteiger partial charge is 0.497 e. The number of nitrogen functional groups attached to an aromatic ring is 1. The van der Waals surface area contributed by atoms with E-state index in [2.05, 4.69) is 46.3 Å². The zero-order valence-electron chi connectivity index (χ0n) is 33.7. The van der Waals surface area contributed by atoms with Crippen molar-refractivity contribution in [2.45, 2.75) is 50.9 Å². The number of hydrogen-bond donors (Lipinski definition) is 10. The molecular weight excluding hydrogens is 941 g/mol. The van der Waals surface area contributed by atoms with Gasteiger partial charge in [0, 0.05) is 36.7 Å². The van der Waals surface area contributed by atoms with Crippen LogP contribution in [0.25, 0.3) is 11.2 Å². The van der Waals surface area contributed by atoms with Gasteiger partial charge in [-0.25, -0.2) is 28.6 Å². The van der Waals surface area contributed by atoms with Crippen LogP contribution in [0.15, 0.2) is 37.1 Å². The number of nitrogens with one attached hydrogen (secondary N) is 3. The first-order chi connectivity index (χ1) is 29.8. The maximum Gasteiger partial charge on any atom is 0.481 e. The molecule has 2 aromatic heterocycles. The van der Waals surface area contributed by atoms with E-state index in [-0.39, 0.29) is 70.8 Å². The lowest BCUT2D eigenvalue weighted by molar-refractivity contribution is -0.137. The van der Waals surface area contributed by atoms with Crippen molar-refractivity contribution in [1.82, 2.24) is 30.2 Å². The lowest BCUT2D eigenvalue weighted by Gasteiger charge is -2.30. The number of carbonyl (C=O) groups is 4. The van der Waals surface area contributed by atoms with Crippen LogP contribution in [0, 0.1) is 5.41 Å². The minimum atomic E-state index is -5.61. The summed E-state index contributed by atoms with van der Waals surface area (Å²) in [6, 6.07) is 2.89. The van der Waals surface area contributed by atoms with E-state index in [1.165, 1.54) is 33.1 Å². The van der Waals surface area contributed by atoms with Crippen molar-refractivity contribution in [3.05, 3.63) is 42.7 Å². The van der Waals surface area contributed by atoms with Crippen molar-refractivity contribution in [3.63, 3.8) is 0 Å². The van der Waals surface area contributed by atoms with Crippen LogP contribution in [0.5, 0.6) is 11.5 Å². The van der Waals surface area contributed by atoms with Crippen molar-refractivity contribution in [2.75, 3.05) is 50.2 Å². The number of aliphatic hydroxyl groups is 2. The van der Waals surface area contributed by atoms with Crippen LogP contribution in [0.1, 0.15) is 36.9 Å². The Kier molecular flexibility index (Phi) is 16.1. The number of nitrogens with zero attached hydrogens (tertiary/aromatic N) is 4. The van der Waals surface area contributed by atoms with E-state index in [1.54, 1.807) is 0 Å². The Morgan fingerprint density at radius 1 is 1.08 bits per heavy atom. The number of imidazole rings is 1. The molecule has 0 aliphatic carbocycles. The Morgan fingerprint density at radius 2 is 1.78 bits per heavy atom. The lowest BCUT2D eigenvalue weighted by atomic mass is 9.87.